The Labute approximate surface area is 151 Å². The van der Waals surface area contributed by atoms with Crippen LogP contribution in [-0.4, -0.2) is 17.1 Å². The summed E-state index contributed by atoms with van der Waals surface area (Å²) < 4.78 is 7.56. The molecule has 5 aromatic rings. The van der Waals surface area contributed by atoms with E-state index in [1.54, 1.807) is 29.8 Å². The van der Waals surface area contributed by atoms with Crippen LogP contribution in [0.3, 0.4) is 0 Å². The van der Waals surface area contributed by atoms with Crippen molar-refractivity contribution in [3.05, 3.63) is 54.6 Å². The molecular formula is C19H13N3OS2. The lowest BCUT2D eigenvalue weighted by Crippen LogP contribution is -1.87. The molecule has 25 heavy (non-hydrogen) atoms. The second-order valence-corrected chi connectivity index (χ2v) is 7.69. The molecule has 0 bridgehead atoms. The van der Waals surface area contributed by atoms with Gasteiger partial charge in [-0.25, -0.2) is 9.97 Å². The number of fused-ring (bicyclic) bond motifs is 4. The molecule has 6 heteroatoms. The molecule has 0 radical (unpaired) electrons. The molecule has 5 rings (SSSR count). The highest BCUT2D eigenvalue weighted by atomic mass is 32.1. The number of thiazole rings is 2. The van der Waals surface area contributed by atoms with E-state index in [0.717, 1.165) is 31.7 Å². The lowest BCUT2D eigenvalue weighted by Gasteiger charge is -1.96. The van der Waals surface area contributed by atoms with Gasteiger partial charge in [0.15, 0.2) is 10.3 Å². The summed E-state index contributed by atoms with van der Waals surface area (Å²) in [6.07, 6.45) is 0. The van der Waals surface area contributed by atoms with Gasteiger partial charge in [-0.1, -0.05) is 53.0 Å². The first-order chi connectivity index (χ1) is 12.3. The topological polar surface area (TPSA) is 47.0 Å². The summed E-state index contributed by atoms with van der Waals surface area (Å²) in [6.45, 7) is 0. The zero-order valence-corrected chi connectivity index (χ0v) is 14.9. The van der Waals surface area contributed by atoms with Crippen LogP contribution in [0.25, 0.3) is 31.2 Å². The molecule has 0 amide bonds. The lowest BCUT2D eigenvalue weighted by atomic mass is 10.1. The minimum atomic E-state index is 0.816. The fourth-order valence-corrected chi connectivity index (χ4v) is 4.69. The van der Waals surface area contributed by atoms with Crippen molar-refractivity contribution >= 4 is 64.1 Å². The van der Waals surface area contributed by atoms with E-state index in [2.05, 4.69) is 46.7 Å². The van der Waals surface area contributed by atoms with Crippen LogP contribution >= 0.6 is 22.7 Å². The standard InChI is InChI=1S/C19H13N3OS2/c1-23-12-7-9-15-14(10-12)20-18(24-15)22-19-21-17-13-5-3-2-4-11(13)6-8-16(17)25-19/h2-10H,1H3,(H,20,21,22). The van der Waals surface area contributed by atoms with E-state index in [4.69, 9.17) is 9.72 Å². The second-order valence-electron chi connectivity index (χ2n) is 5.63. The highest BCUT2D eigenvalue weighted by Gasteiger charge is 2.10. The van der Waals surface area contributed by atoms with Crippen LogP contribution in [0.15, 0.2) is 54.6 Å². The Morgan fingerprint density at radius 2 is 1.68 bits per heavy atom. The average molecular weight is 363 g/mol. The second kappa shape index (κ2) is 5.68. The molecule has 0 saturated carbocycles. The van der Waals surface area contributed by atoms with Crippen molar-refractivity contribution in [1.82, 2.24) is 9.97 Å². The number of hydrogen-bond donors (Lipinski definition) is 1. The van der Waals surface area contributed by atoms with Crippen LogP contribution in [-0.2, 0) is 0 Å². The third-order valence-electron chi connectivity index (χ3n) is 4.09. The van der Waals surface area contributed by atoms with Crippen molar-refractivity contribution in [2.45, 2.75) is 0 Å². The van der Waals surface area contributed by atoms with Crippen molar-refractivity contribution in [2.75, 3.05) is 12.4 Å². The molecule has 1 N–H and O–H groups in total. The van der Waals surface area contributed by atoms with E-state index in [9.17, 15) is 0 Å². The van der Waals surface area contributed by atoms with Crippen LogP contribution < -0.4 is 10.1 Å². The third kappa shape index (κ3) is 2.50. The Bertz CT molecular complexity index is 1230. The molecule has 3 aromatic carbocycles. The first kappa shape index (κ1) is 14.6. The minimum absolute atomic E-state index is 0.816. The summed E-state index contributed by atoms with van der Waals surface area (Å²) in [4.78, 5) is 9.43. The molecule has 2 heterocycles. The molecule has 0 atom stereocenters. The summed E-state index contributed by atoms with van der Waals surface area (Å²) in [5.74, 6) is 0.816. The van der Waals surface area contributed by atoms with Gasteiger partial charge >= 0.3 is 0 Å². The SMILES string of the molecule is COc1ccc2sc(Nc3nc4c(ccc5ccccc54)s3)nc2c1. The van der Waals surface area contributed by atoms with Gasteiger partial charge in [-0.3, -0.25) is 0 Å². The van der Waals surface area contributed by atoms with Crippen molar-refractivity contribution in [1.29, 1.82) is 0 Å². The fourth-order valence-electron chi connectivity index (χ4n) is 2.89. The Morgan fingerprint density at radius 3 is 2.60 bits per heavy atom. The van der Waals surface area contributed by atoms with Crippen molar-refractivity contribution < 1.29 is 4.74 Å². The van der Waals surface area contributed by atoms with Gasteiger partial charge in [-0.2, -0.15) is 0 Å². The largest absolute Gasteiger partial charge is 0.497 e. The molecule has 0 fully saturated rings. The van der Waals surface area contributed by atoms with Crippen molar-refractivity contribution in [3.8, 4) is 5.75 Å². The smallest absolute Gasteiger partial charge is 0.190 e. The van der Waals surface area contributed by atoms with Gasteiger partial charge in [0, 0.05) is 11.5 Å². The number of rotatable bonds is 3. The van der Waals surface area contributed by atoms with Crippen LogP contribution in [0.4, 0.5) is 10.3 Å². The van der Waals surface area contributed by atoms with Gasteiger partial charge in [0.1, 0.15) is 5.75 Å². The number of aromatic nitrogens is 2. The monoisotopic (exact) mass is 363 g/mol. The van der Waals surface area contributed by atoms with Gasteiger partial charge in [-0.05, 0) is 23.6 Å². The zero-order valence-electron chi connectivity index (χ0n) is 13.3. The Hall–Kier alpha value is -2.70. The lowest BCUT2D eigenvalue weighted by molar-refractivity contribution is 0.415. The number of benzene rings is 3. The summed E-state index contributed by atoms with van der Waals surface area (Å²) in [7, 11) is 1.66. The fraction of sp³-hybridized carbons (Fsp3) is 0.0526. The summed E-state index contributed by atoms with van der Waals surface area (Å²) in [5, 5.41) is 7.44. The maximum atomic E-state index is 5.26. The summed E-state index contributed by atoms with van der Waals surface area (Å²) in [6, 6.07) is 18.5. The third-order valence-corrected chi connectivity index (χ3v) is 5.98. The molecule has 4 nitrogen and oxygen atoms in total. The maximum absolute atomic E-state index is 5.26. The molecular weight excluding hydrogens is 350 g/mol. The molecule has 0 aliphatic heterocycles. The van der Waals surface area contributed by atoms with E-state index in [-0.39, 0.29) is 0 Å². The quantitative estimate of drug-likeness (QED) is 0.439. The van der Waals surface area contributed by atoms with E-state index in [1.807, 2.05) is 18.2 Å². The maximum Gasteiger partial charge on any atom is 0.190 e. The van der Waals surface area contributed by atoms with Crippen LogP contribution in [0.2, 0.25) is 0 Å². The number of nitrogens with one attached hydrogen (secondary N) is 1. The van der Waals surface area contributed by atoms with Gasteiger partial charge in [0.25, 0.3) is 0 Å². The minimum Gasteiger partial charge on any atom is -0.497 e. The van der Waals surface area contributed by atoms with Crippen LogP contribution in [0, 0.1) is 0 Å². The van der Waals surface area contributed by atoms with E-state index in [0.29, 0.717) is 0 Å². The predicted molar refractivity (Wildman–Crippen MR) is 107 cm³/mol. The number of methoxy groups -OCH3 is 1. The Kier molecular flexibility index (Phi) is 3.33. The highest BCUT2D eigenvalue weighted by Crippen LogP contribution is 2.35. The van der Waals surface area contributed by atoms with Crippen molar-refractivity contribution in [3.63, 3.8) is 0 Å². The van der Waals surface area contributed by atoms with Gasteiger partial charge in [0.2, 0.25) is 0 Å². The van der Waals surface area contributed by atoms with Gasteiger partial charge < -0.3 is 10.1 Å². The van der Waals surface area contributed by atoms with Gasteiger partial charge in [0.05, 0.1) is 27.5 Å². The summed E-state index contributed by atoms with van der Waals surface area (Å²) >= 11 is 3.26. The first-order valence-electron chi connectivity index (χ1n) is 7.80. The molecule has 0 aliphatic carbocycles. The molecule has 2 aromatic heterocycles. The molecule has 0 unspecified atom stereocenters. The number of hydrogen-bond acceptors (Lipinski definition) is 6. The number of nitrogens with zero attached hydrogens (tertiary/aromatic N) is 2. The Balaban J connectivity index is 1.56. The number of anilines is 2. The van der Waals surface area contributed by atoms with Crippen LogP contribution in [0.5, 0.6) is 5.75 Å². The number of ether oxygens (including phenoxy) is 1. The van der Waals surface area contributed by atoms with Gasteiger partial charge in [-0.15, -0.1) is 0 Å². The molecule has 122 valence electrons. The molecule has 0 spiro atoms. The molecule has 0 saturated heterocycles. The molecule has 0 aliphatic rings. The van der Waals surface area contributed by atoms with E-state index >= 15 is 0 Å². The highest BCUT2D eigenvalue weighted by molar-refractivity contribution is 7.24. The van der Waals surface area contributed by atoms with Crippen LogP contribution in [0.1, 0.15) is 0 Å². The van der Waals surface area contributed by atoms with E-state index in [1.165, 1.54) is 15.5 Å². The Morgan fingerprint density at radius 1 is 0.880 bits per heavy atom. The van der Waals surface area contributed by atoms with Crippen molar-refractivity contribution in [2.24, 2.45) is 0 Å². The predicted octanol–water partition coefficient (Wildman–Crippen LogP) is 5.81. The zero-order chi connectivity index (χ0) is 16.8. The summed E-state index contributed by atoms with van der Waals surface area (Å²) in [5.41, 5.74) is 1.96. The average Bonchev–Trinajstić information content (AvgIpc) is 3.24. The first-order valence-corrected chi connectivity index (χ1v) is 9.43. The van der Waals surface area contributed by atoms with E-state index < -0.39 is 0 Å². The normalized spacial score (nSPS) is 11.4.